The minimum absolute atomic E-state index is 0.243. The molecule has 94 valence electrons. The van der Waals surface area contributed by atoms with Crippen LogP contribution in [0.1, 0.15) is 33.6 Å². The van der Waals surface area contributed by atoms with Crippen LogP contribution in [0.5, 0.6) is 0 Å². The van der Waals surface area contributed by atoms with Gasteiger partial charge >= 0.3 is 6.09 Å². The lowest BCUT2D eigenvalue weighted by molar-refractivity contribution is 0.0251. The number of aliphatic hydroxyl groups is 1. The molecule has 1 heterocycles. The fourth-order valence-electron chi connectivity index (χ4n) is 1.62. The molecule has 0 spiro atoms. The highest BCUT2D eigenvalue weighted by Gasteiger charge is 2.27. The van der Waals surface area contributed by atoms with Crippen LogP contribution in [-0.4, -0.2) is 46.9 Å². The van der Waals surface area contributed by atoms with Gasteiger partial charge in [0, 0.05) is 19.1 Å². The van der Waals surface area contributed by atoms with Crippen LogP contribution >= 0.6 is 0 Å². The standard InChI is InChI=1S/C11H22N2O3/c1-11(2,3)16-10(15)13-6-4-8(12)9(14)5-7-13/h8-9,14H,4-7,12H2,1-3H3/t8-,9-/m0/s1. The van der Waals surface area contributed by atoms with Crippen molar-refractivity contribution in [2.24, 2.45) is 5.73 Å². The van der Waals surface area contributed by atoms with Crippen LogP contribution in [0.2, 0.25) is 0 Å². The molecule has 5 heteroatoms. The van der Waals surface area contributed by atoms with Crippen molar-refractivity contribution >= 4 is 6.09 Å². The van der Waals surface area contributed by atoms with Crippen molar-refractivity contribution in [2.45, 2.75) is 51.4 Å². The van der Waals surface area contributed by atoms with Crippen molar-refractivity contribution in [3.8, 4) is 0 Å². The summed E-state index contributed by atoms with van der Waals surface area (Å²) < 4.78 is 5.27. The first kappa shape index (κ1) is 13.3. The minimum atomic E-state index is -0.521. The van der Waals surface area contributed by atoms with E-state index in [4.69, 9.17) is 10.5 Å². The van der Waals surface area contributed by atoms with Gasteiger partial charge in [0.2, 0.25) is 0 Å². The molecule has 1 rings (SSSR count). The van der Waals surface area contributed by atoms with E-state index in [0.717, 1.165) is 0 Å². The van der Waals surface area contributed by atoms with Gasteiger partial charge in [0.25, 0.3) is 0 Å². The first-order valence-electron chi connectivity index (χ1n) is 5.71. The number of ether oxygens (including phenoxy) is 1. The maximum absolute atomic E-state index is 11.8. The molecule has 1 aliphatic rings. The van der Waals surface area contributed by atoms with Gasteiger partial charge < -0.3 is 20.5 Å². The van der Waals surface area contributed by atoms with E-state index in [2.05, 4.69) is 0 Å². The summed E-state index contributed by atoms with van der Waals surface area (Å²) in [4.78, 5) is 13.4. The molecule has 1 saturated heterocycles. The van der Waals surface area contributed by atoms with E-state index in [1.807, 2.05) is 20.8 Å². The molecule has 0 aromatic rings. The number of aliphatic hydroxyl groups excluding tert-OH is 1. The molecule has 0 bridgehead atoms. The monoisotopic (exact) mass is 230 g/mol. The lowest BCUT2D eigenvalue weighted by atomic mass is 10.1. The number of likely N-dealkylation sites (tertiary alicyclic amines) is 1. The van der Waals surface area contributed by atoms with Crippen LogP contribution in [0.25, 0.3) is 0 Å². The number of nitrogens with two attached hydrogens (primary N) is 1. The quantitative estimate of drug-likeness (QED) is 0.642. The molecule has 0 aromatic carbocycles. The van der Waals surface area contributed by atoms with Crippen molar-refractivity contribution in [3.05, 3.63) is 0 Å². The van der Waals surface area contributed by atoms with E-state index in [1.165, 1.54) is 0 Å². The predicted octanol–water partition coefficient (Wildman–Crippen LogP) is 0.705. The van der Waals surface area contributed by atoms with Crippen molar-refractivity contribution in [3.63, 3.8) is 0 Å². The van der Waals surface area contributed by atoms with Crippen LogP contribution in [0.4, 0.5) is 4.79 Å². The van der Waals surface area contributed by atoms with Gasteiger partial charge in [0.1, 0.15) is 5.60 Å². The fourth-order valence-corrected chi connectivity index (χ4v) is 1.62. The summed E-state index contributed by atoms with van der Waals surface area (Å²) in [6.45, 7) is 6.56. The molecule has 0 radical (unpaired) electrons. The summed E-state index contributed by atoms with van der Waals surface area (Å²) in [5.74, 6) is 0. The van der Waals surface area contributed by atoms with Crippen molar-refractivity contribution in [1.82, 2.24) is 4.90 Å². The van der Waals surface area contributed by atoms with Gasteiger partial charge in [-0.15, -0.1) is 0 Å². The second-order valence-electron chi connectivity index (χ2n) is 5.28. The van der Waals surface area contributed by atoms with E-state index in [-0.39, 0.29) is 12.1 Å². The van der Waals surface area contributed by atoms with Crippen molar-refractivity contribution < 1.29 is 14.6 Å². The zero-order valence-electron chi connectivity index (χ0n) is 10.3. The molecule has 2 atom stereocenters. The zero-order chi connectivity index (χ0) is 12.3. The Morgan fingerprint density at radius 1 is 1.38 bits per heavy atom. The highest BCUT2D eigenvalue weighted by Crippen LogP contribution is 2.14. The second-order valence-corrected chi connectivity index (χ2v) is 5.28. The third kappa shape index (κ3) is 3.98. The lowest BCUT2D eigenvalue weighted by Gasteiger charge is -2.26. The highest BCUT2D eigenvalue weighted by molar-refractivity contribution is 5.68. The first-order chi connectivity index (χ1) is 7.29. The largest absolute Gasteiger partial charge is 0.444 e. The van der Waals surface area contributed by atoms with Gasteiger partial charge in [0.05, 0.1) is 6.10 Å². The Morgan fingerprint density at radius 3 is 2.50 bits per heavy atom. The number of carbonyl (C=O) groups is 1. The van der Waals surface area contributed by atoms with E-state index < -0.39 is 11.7 Å². The van der Waals surface area contributed by atoms with Crippen molar-refractivity contribution in [1.29, 1.82) is 0 Å². The maximum Gasteiger partial charge on any atom is 0.410 e. The van der Waals surface area contributed by atoms with E-state index in [0.29, 0.717) is 25.9 Å². The number of amides is 1. The van der Waals surface area contributed by atoms with Crippen LogP contribution in [-0.2, 0) is 4.74 Å². The molecule has 0 saturated carbocycles. The van der Waals surface area contributed by atoms with E-state index in [1.54, 1.807) is 4.90 Å². The van der Waals surface area contributed by atoms with Gasteiger partial charge in [0.15, 0.2) is 0 Å². The lowest BCUT2D eigenvalue weighted by Crippen LogP contribution is -2.37. The van der Waals surface area contributed by atoms with Gasteiger partial charge in [-0.25, -0.2) is 4.79 Å². The molecule has 3 N–H and O–H groups in total. The predicted molar refractivity (Wildman–Crippen MR) is 61.0 cm³/mol. The van der Waals surface area contributed by atoms with Crippen LogP contribution in [0.3, 0.4) is 0 Å². The molecule has 1 aliphatic heterocycles. The Bertz CT molecular complexity index is 238. The normalized spacial score (nSPS) is 27.4. The minimum Gasteiger partial charge on any atom is -0.444 e. The van der Waals surface area contributed by atoms with Gasteiger partial charge in [-0.05, 0) is 33.6 Å². The summed E-state index contributed by atoms with van der Waals surface area (Å²) in [5, 5.41) is 9.59. The summed E-state index contributed by atoms with van der Waals surface area (Å²) in [7, 11) is 0. The van der Waals surface area contributed by atoms with Crippen LogP contribution < -0.4 is 5.73 Å². The fraction of sp³-hybridized carbons (Fsp3) is 0.909. The summed E-state index contributed by atoms with van der Waals surface area (Å²) in [5.41, 5.74) is 5.26. The van der Waals surface area contributed by atoms with Gasteiger partial charge in [-0.2, -0.15) is 0 Å². The number of hydrogen-bond donors (Lipinski definition) is 2. The Morgan fingerprint density at radius 2 is 1.94 bits per heavy atom. The van der Waals surface area contributed by atoms with Gasteiger partial charge in [-0.1, -0.05) is 0 Å². The van der Waals surface area contributed by atoms with E-state index >= 15 is 0 Å². The smallest absolute Gasteiger partial charge is 0.410 e. The van der Waals surface area contributed by atoms with Gasteiger partial charge in [-0.3, -0.25) is 0 Å². The van der Waals surface area contributed by atoms with Crippen LogP contribution in [0.15, 0.2) is 0 Å². The Hall–Kier alpha value is -0.810. The zero-order valence-corrected chi connectivity index (χ0v) is 10.3. The molecular weight excluding hydrogens is 208 g/mol. The average molecular weight is 230 g/mol. The summed E-state index contributed by atoms with van der Waals surface area (Å²) in [6.07, 6.45) is 0.280. The molecule has 5 nitrogen and oxygen atoms in total. The molecule has 0 unspecified atom stereocenters. The third-order valence-electron chi connectivity index (χ3n) is 2.57. The number of hydrogen-bond acceptors (Lipinski definition) is 4. The molecule has 1 fully saturated rings. The molecular formula is C11H22N2O3. The number of carbonyl (C=O) groups excluding carboxylic acids is 1. The topological polar surface area (TPSA) is 75.8 Å². The van der Waals surface area contributed by atoms with Crippen molar-refractivity contribution in [2.75, 3.05) is 13.1 Å². The van der Waals surface area contributed by atoms with Crippen LogP contribution in [0, 0.1) is 0 Å². The molecule has 16 heavy (non-hydrogen) atoms. The van der Waals surface area contributed by atoms with E-state index in [9.17, 15) is 9.90 Å². The Balaban J connectivity index is 2.51. The number of nitrogens with zero attached hydrogens (tertiary/aromatic N) is 1. The average Bonchev–Trinajstić information content (AvgIpc) is 2.28. The first-order valence-corrected chi connectivity index (χ1v) is 5.71. The molecule has 0 aromatic heterocycles. The SMILES string of the molecule is CC(C)(C)OC(=O)N1CC[C@H](N)[C@@H](O)CC1. The summed E-state index contributed by atoms with van der Waals surface area (Å²) in [6, 6.07) is -0.243. The Labute approximate surface area is 96.6 Å². The summed E-state index contributed by atoms with van der Waals surface area (Å²) >= 11 is 0. The maximum atomic E-state index is 11.8. The third-order valence-corrected chi connectivity index (χ3v) is 2.57. The molecule has 1 amide bonds. The second kappa shape index (κ2) is 5.01. The highest BCUT2D eigenvalue weighted by atomic mass is 16.6. The molecule has 0 aliphatic carbocycles. The number of rotatable bonds is 0. The Kier molecular flexibility index (Phi) is 4.15.